The molecule has 92 valence electrons. The Kier molecular flexibility index (Phi) is 4.99. The van der Waals surface area contributed by atoms with E-state index in [0.29, 0.717) is 18.0 Å². The van der Waals surface area contributed by atoms with Crippen molar-refractivity contribution in [1.82, 2.24) is 0 Å². The average Bonchev–Trinajstić information content (AvgIpc) is 2.29. The van der Waals surface area contributed by atoms with Crippen LogP contribution in [0.4, 0.5) is 5.69 Å². The normalized spacial score (nSPS) is 12.2. The minimum atomic E-state index is 0.225. The molecular formula is C14H21N3. The first-order chi connectivity index (χ1) is 8.08. The van der Waals surface area contributed by atoms with E-state index in [1.807, 2.05) is 25.1 Å². The molecule has 3 N–H and O–H groups in total. The SMILES string of the molecule is Cc1cccc(C#N)c1NC(CN)CC(C)C. The molecule has 0 aliphatic heterocycles. The van der Waals surface area contributed by atoms with Gasteiger partial charge in [0, 0.05) is 12.6 Å². The largest absolute Gasteiger partial charge is 0.380 e. The molecule has 3 heteroatoms. The van der Waals surface area contributed by atoms with Crippen LogP contribution in [0.25, 0.3) is 0 Å². The van der Waals surface area contributed by atoms with Crippen LogP contribution in [-0.2, 0) is 0 Å². The maximum Gasteiger partial charge on any atom is 0.101 e. The maximum atomic E-state index is 9.09. The highest BCUT2D eigenvalue weighted by Gasteiger charge is 2.12. The van der Waals surface area contributed by atoms with Crippen LogP contribution in [-0.4, -0.2) is 12.6 Å². The number of rotatable bonds is 5. The molecule has 0 saturated carbocycles. The number of nitrogens with two attached hydrogens (primary N) is 1. The van der Waals surface area contributed by atoms with Crippen LogP contribution in [0.5, 0.6) is 0 Å². The summed E-state index contributed by atoms with van der Waals surface area (Å²) in [5, 5.41) is 12.5. The van der Waals surface area contributed by atoms with Gasteiger partial charge in [-0.2, -0.15) is 5.26 Å². The third-order valence-electron chi connectivity index (χ3n) is 2.78. The van der Waals surface area contributed by atoms with E-state index in [-0.39, 0.29) is 6.04 Å². The molecule has 0 bridgehead atoms. The van der Waals surface area contributed by atoms with Crippen molar-refractivity contribution >= 4 is 5.69 Å². The van der Waals surface area contributed by atoms with E-state index in [1.54, 1.807) is 0 Å². The first kappa shape index (κ1) is 13.5. The molecule has 0 amide bonds. The number of nitrogens with one attached hydrogen (secondary N) is 1. The van der Waals surface area contributed by atoms with E-state index < -0.39 is 0 Å². The molecule has 0 fully saturated rings. The molecule has 1 atom stereocenters. The number of benzene rings is 1. The summed E-state index contributed by atoms with van der Waals surface area (Å²) in [5.41, 5.74) is 8.46. The van der Waals surface area contributed by atoms with Crippen molar-refractivity contribution in [3.63, 3.8) is 0 Å². The lowest BCUT2D eigenvalue weighted by Gasteiger charge is -2.22. The van der Waals surface area contributed by atoms with Crippen LogP contribution >= 0.6 is 0 Å². The molecule has 0 spiro atoms. The van der Waals surface area contributed by atoms with E-state index in [9.17, 15) is 0 Å². The quantitative estimate of drug-likeness (QED) is 0.819. The average molecular weight is 231 g/mol. The molecule has 1 unspecified atom stereocenters. The maximum absolute atomic E-state index is 9.09. The Hall–Kier alpha value is -1.53. The Bertz CT molecular complexity index is 404. The van der Waals surface area contributed by atoms with E-state index in [1.165, 1.54) is 0 Å². The fraction of sp³-hybridized carbons (Fsp3) is 0.500. The van der Waals surface area contributed by atoms with Crippen molar-refractivity contribution in [1.29, 1.82) is 5.26 Å². The Balaban J connectivity index is 2.89. The van der Waals surface area contributed by atoms with Gasteiger partial charge in [-0.15, -0.1) is 0 Å². The lowest BCUT2D eigenvalue weighted by atomic mass is 10.0. The second kappa shape index (κ2) is 6.27. The second-order valence-electron chi connectivity index (χ2n) is 4.82. The lowest BCUT2D eigenvalue weighted by molar-refractivity contribution is 0.521. The van der Waals surface area contributed by atoms with Gasteiger partial charge in [0.05, 0.1) is 11.3 Å². The summed E-state index contributed by atoms with van der Waals surface area (Å²) in [6.07, 6.45) is 1.01. The first-order valence-electron chi connectivity index (χ1n) is 6.04. The van der Waals surface area contributed by atoms with Crippen molar-refractivity contribution in [2.75, 3.05) is 11.9 Å². The van der Waals surface area contributed by atoms with E-state index in [0.717, 1.165) is 17.7 Å². The van der Waals surface area contributed by atoms with Crippen molar-refractivity contribution < 1.29 is 0 Å². The number of nitriles is 1. The summed E-state index contributed by atoms with van der Waals surface area (Å²) < 4.78 is 0. The molecule has 0 aliphatic carbocycles. The number of nitrogens with zero attached hydrogens (tertiary/aromatic N) is 1. The van der Waals surface area contributed by atoms with E-state index in [4.69, 9.17) is 11.0 Å². The van der Waals surface area contributed by atoms with Crippen LogP contribution in [0.1, 0.15) is 31.4 Å². The minimum absolute atomic E-state index is 0.225. The fourth-order valence-corrected chi connectivity index (χ4v) is 1.94. The minimum Gasteiger partial charge on any atom is -0.380 e. The van der Waals surface area contributed by atoms with Gasteiger partial charge >= 0.3 is 0 Å². The topological polar surface area (TPSA) is 61.8 Å². The van der Waals surface area contributed by atoms with Gasteiger partial charge in [-0.25, -0.2) is 0 Å². The zero-order valence-corrected chi connectivity index (χ0v) is 10.8. The predicted molar refractivity (Wildman–Crippen MR) is 71.8 cm³/mol. The summed E-state index contributed by atoms with van der Waals surface area (Å²) in [5.74, 6) is 0.589. The molecule has 3 nitrogen and oxygen atoms in total. The van der Waals surface area contributed by atoms with Crippen molar-refractivity contribution in [2.45, 2.75) is 33.2 Å². The first-order valence-corrected chi connectivity index (χ1v) is 6.04. The van der Waals surface area contributed by atoms with Crippen LogP contribution in [0.3, 0.4) is 0 Å². The van der Waals surface area contributed by atoms with Crippen molar-refractivity contribution in [2.24, 2.45) is 11.7 Å². The summed E-state index contributed by atoms with van der Waals surface area (Å²) in [7, 11) is 0. The second-order valence-corrected chi connectivity index (χ2v) is 4.82. The van der Waals surface area contributed by atoms with E-state index in [2.05, 4.69) is 25.2 Å². The monoisotopic (exact) mass is 231 g/mol. The molecule has 0 saturated heterocycles. The Morgan fingerprint density at radius 1 is 1.41 bits per heavy atom. The highest BCUT2D eigenvalue weighted by atomic mass is 14.9. The van der Waals surface area contributed by atoms with Gasteiger partial charge in [0.15, 0.2) is 0 Å². The molecular weight excluding hydrogens is 210 g/mol. The Morgan fingerprint density at radius 2 is 2.12 bits per heavy atom. The van der Waals surface area contributed by atoms with E-state index >= 15 is 0 Å². The summed E-state index contributed by atoms with van der Waals surface area (Å²) in [6, 6.07) is 8.18. The van der Waals surface area contributed by atoms with Gasteiger partial charge in [-0.05, 0) is 30.9 Å². The lowest BCUT2D eigenvalue weighted by Crippen LogP contribution is -2.30. The van der Waals surface area contributed by atoms with Gasteiger partial charge in [0.2, 0.25) is 0 Å². The Morgan fingerprint density at radius 3 is 2.65 bits per heavy atom. The third-order valence-corrected chi connectivity index (χ3v) is 2.78. The number of anilines is 1. The predicted octanol–water partition coefficient (Wildman–Crippen LogP) is 2.65. The molecule has 0 aliphatic rings. The van der Waals surface area contributed by atoms with Crippen molar-refractivity contribution in [3.05, 3.63) is 29.3 Å². The molecule has 1 aromatic rings. The zero-order valence-electron chi connectivity index (χ0n) is 10.8. The number of para-hydroxylation sites is 1. The summed E-state index contributed by atoms with van der Waals surface area (Å²) in [6.45, 7) is 6.93. The molecule has 1 rings (SSSR count). The Labute approximate surface area is 104 Å². The molecule has 17 heavy (non-hydrogen) atoms. The van der Waals surface area contributed by atoms with Crippen LogP contribution in [0.2, 0.25) is 0 Å². The number of hydrogen-bond donors (Lipinski definition) is 2. The molecule has 0 heterocycles. The highest BCUT2D eigenvalue weighted by Crippen LogP contribution is 2.21. The highest BCUT2D eigenvalue weighted by molar-refractivity contribution is 5.62. The van der Waals surface area contributed by atoms with Crippen LogP contribution < -0.4 is 11.1 Å². The molecule has 0 radical (unpaired) electrons. The molecule has 0 aromatic heterocycles. The number of aryl methyl sites for hydroxylation is 1. The van der Waals surface area contributed by atoms with Gasteiger partial charge in [0.1, 0.15) is 6.07 Å². The van der Waals surface area contributed by atoms with Crippen molar-refractivity contribution in [3.8, 4) is 6.07 Å². The number of hydrogen-bond acceptors (Lipinski definition) is 3. The third kappa shape index (κ3) is 3.76. The smallest absolute Gasteiger partial charge is 0.101 e. The van der Waals surface area contributed by atoms with Crippen LogP contribution in [0, 0.1) is 24.2 Å². The summed E-state index contributed by atoms with van der Waals surface area (Å²) in [4.78, 5) is 0. The van der Waals surface area contributed by atoms with Gasteiger partial charge in [-0.1, -0.05) is 26.0 Å². The van der Waals surface area contributed by atoms with Gasteiger partial charge < -0.3 is 11.1 Å². The van der Waals surface area contributed by atoms with Crippen LogP contribution in [0.15, 0.2) is 18.2 Å². The fourth-order valence-electron chi connectivity index (χ4n) is 1.94. The van der Waals surface area contributed by atoms with Gasteiger partial charge in [0.25, 0.3) is 0 Å². The van der Waals surface area contributed by atoms with Gasteiger partial charge in [-0.3, -0.25) is 0 Å². The zero-order chi connectivity index (χ0) is 12.8. The summed E-state index contributed by atoms with van der Waals surface area (Å²) >= 11 is 0. The molecule has 1 aromatic carbocycles. The standard InChI is InChI=1S/C14H21N3/c1-10(2)7-13(9-16)17-14-11(3)5-4-6-12(14)8-15/h4-6,10,13,17H,7,9,16H2,1-3H3.